The van der Waals surface area contributed by atoms with Crippen molar-refractivity contribution in [3.8, 4) is 0 Å². The highest BCUT2D eigenvalue weighted by Crippen LogP contribution is 2.22. The molecule has 8 heavy (non-hydrogen) atoms. The lowest BCUT2D eigenvalue weighted by Gasteiger charge is -2.23. The Labute approximate surface area is 54.8 Å². The molecule has 48 valence electrons. The van der Waals surface area contributed by atoms with E-state index in [1.54, 1.807) is 0 Å². The van der Waals surface area contributed by atoms with Crippen LogP contribution in [0.4, 0.5) is 0 Å². The molecule has 1 heterocycles. The lowest BCUT2D eigenvalue weighted by molar-refractivity contribution is 0.0474. The summed E-state index contributed by atoms with van der Waals surface area (Å²) in [7, 11) is 0. The van der Waals surface area contributed by atoms with E-state index >= 15 is 0 Å². The average molecular weight is 132 g/mol. The van der Waals surface area contributed by atoms with Gasteiger partial charge < -0.3 is 4.74 Å². The molecule has 0 spiro atoms. The predicted octanol–water partition coefficient (Wildman–Crippen LogP) is 1.87. The maximum absolute atomic E-state index is 5.45. The monoisotopic (exact) mass is 132 g/mol. The summed E-state index contributed by atoms with van der Waals surface area (Å²) < 4.78 is 5.45. The number of hydrogen-bond acceptors (Lipinski definition) is 2. The third kappa shape index (κ3) is 1.67. The molecule has 0 aromatic carbocycles. The van der Waals surface area contributed by atoms with Crippen LogP contribution in [0.3, 0.4) is 0 Å². The molecule has 0 aromatic rings. The average Bonchev–Trinajstić information content (AvgIpc) is 1.64. The maximum atomic E-state index is 5.45. The first-order chi connectivity index (χ1) is 3.79. The zero-order valence-electron chi connectivity index (χ0n) is 5.39. The van der Waals surface area contributed by atoms with Crippen LogP contribution in [0.2, 0.25) is 0 Å². The Morgan fingerprint density at radius 3 is 2.62 bits per heavy atom. The molecule has 0 bridgehead atoms. The molecule has 1 nitrogen and oxygen atoms in total. The highest BCUT2D eigenvalue weighted by atomic mass is 32.2. The Morgan fingerprint density at radius 2 is 2.25 bits per heavy atom. The quantitative estimate of drug-likeness (QED) is 0.497. The van der Waals surface area contributed by atoms with Crippen LogP contribution in [0.1, 0.15) is 20.3 Å². The van der Waals surface area contributed by atoms with E-state index in [0.29, 0.717) is 11.5 Å². The van der Waals surface area contributed by atoms with E-state index in [1.165, 1.54) is 12.2 Å². The Kier molecular flexibility index (Phi) is 2.20. The van der Waals surface area contributed by atoms with Gasteiger partial charge in [0.2, 0.25) is 0 Å². The van der Waals surface area contributed by atoms with E-state index in [9.17, 15) is 0 Å². The molecule has 0 radical (unpaired) electrons. The van der Waals surface area contributed by atoms with Crippen molar-refractivity contribution in [3.05, 3.63) is 0 Å². The fraction of sp³-hybridized carbons (Fsp3) is 1.00. The molecule has 1 aliphatic heterocycles. The molecular formula is C6H12OS. The Balaban J connectivity index is 2.23. The molecular weight excluding hydrogens is 120 g/mol. The first-order valence-electron chi connectivity index (χ1n) is 3.06. The molecule has 0 aromatic heterocycles. The fourth-order valence-corrected chi connectivity index (χ4v) is 1.90. The number of thioether (sulfide) groups is 1. The summed E-state index contributed by atoms with van der Waals surface area (Å²) in [5.41, 5.74) is 0.429. The minimum Gasteiger partial charge on any atom is -0.365 e. The molecule has 0 aliphatic carbocycles. The third-order valence-electron chi connectivity index (χ3n) is 1.30. The fourth-order valence-electron chi connectivity index (χ4n) is 0.834. The first-order valence-corrected chi connectivity index (χ1v) is 4.11. The summed E-state index contributed by atoms with van der Waals surface area (Å²) in [6.07, 6.45) is 1.71. The van der Waals surface area contributed by atoms with E-state index in [0.717, 1.165) is 0 Å². The van der Waals surface area contributed by atoms with Crippen LogP contribution in [0.15, 0.2) is 0 Å². The molecule has 2 heteroatoms. The van der Waals surface area contributed by atoms with Crippen molar-refractivity contribution >= 4 is 11.8 Å². The van der Waals surface area contributed by atoms with E-state index in [-0.39, 0.29) is 0 Å². The van der Waals surface area contributed by atoms with E-state index in [2.05, 4.69) is 13.8 Å². The van der Waals surface area contributed by atoms with Gasteiger partial charge in [0, 0.05) is 0 Å². The van der Waals surface area contributed by atoms with Gasteiger partial charge in [-0.25, -0.2) is 0 Å². The molecule has 2 atom stereocenters. The molecule has 0 unspecified atom stereocenters. The minimum atomic E-state index is 0.429. The molecule has 1 saturated heterocycles. The van der Waals surface area contributed by atoms with E-state index in [4.69, 9.17) is 4.74 Å². The molecule has 0 N–H and O–H groups in total. The van der Waals surface area contributed by atoms with Gasteiger partial charge in [-0.1, -0.05) is 0 Å². The van der Waals surface area contributed by atoms with Crippen LogP contribution in [-0.2, 0) is 4.74 Å². The van der Waals surface area contributed by atoms with Crippen molar-refractivity contribution in [2.45, 2.75) is 31.8 Å². The normalized spacial score (nSPS) is 39.8. The molecule has 1 aliphatic rings. The summed E-state index contributed by atoms with van der Waals surface area (Å²) in [5.74, 6) is 1.27. The number of ether oxygens (including phenoxy) is 1. The summed E-state index contributed by atoms with van der Waals surface area (Å²) >= 11 is 1.90. The maximum Gasteiger partial charge on any atom is 0.100 e. The Bertz CT molecular complexity index is 66.9. The second kappa shape index (κ2) is 2.74. The highest BCUT2D eigenvalue weighted by Gasteiger charge is 2.14. The van der Waals surface area contributed by atoms with Crippen molar-refractivity contribution < 1.29 is 4.74 Å². The van der Waals surface area contributed by atoms with E-state index < -0.39 is 0 Å². The van der Waals surface area contributed by atoms with Gasteiger partial charge in [0.1, 0.15) is 5.44 Å². The van der Waals surface area contributed by atoms with Gasteiger partial charge in [-0.2, -0.15) is 0 Å². The number of rotatable bonds is 0. The van der Waals surface area contributed by atoms with Gasteiger partial charge in [-0.15, -0.1) is 11.8 Å². The van der Waals surface area contributed by atoms with Gasteiger partial charge in [0.15, 0.2) is 0 Å². The summed E-state index contributed by atoms with van der Waals surface area (Å²) in [6, 6.07) is 0. The van der Waals surface area contributed by atoms with Gasteiger partial charge in [-0.3, -0.25) is 0 Å². The Hall–Kier alpha value is 0.310. The van der Waals surface area contributed by atoms with Crippen LogP contribution in [0.25, 0.3) is 0 Å². The lowest BCUT2D eigenvalue weighted by atomic mass is 10.3. The third-order valence-corrected chi connectivity index (χ3v) is 2.35. The lowest BCUT2D eigenvalue weighted by Crippen LogP contribution is -2.20. The second-order valence-electron chi connectivity index (χ2n) is 2.17. The first kappa shape index (κ1) is 6.43. The van der Waals surface area contributed by atoms with Gasteiger partial charge >= 0.3 is 0 Å². The van der Waals surface area contributed by atoms with Gasteiger partial charge in [0.05, 0.1) is 6.10 Å². The van der Waals surface area contributed by atoms with Crippen molar-refractivity contribution in [2.24, 2.45) is 0 Å². The smallest absolute Gasteiger partial charge is 0.100 e. The standard InChI is InChI=1S/C6H12OS/c1-5-3-4-8-6(2)7-5/h5-6H,3-4H2,1-2H3/t5-,6-/m1/s1. The zero-order valence-corrected chi connectivity index (χ0v) is 6.20. The van der Waals surface area contributed by atoms with Crippen molar-refractivity contribution in [2.75, 3.05) is 5.75 Å². The van der Waals surface area contributed by atoms with Crippen LogP contribution in [0.5, 0.6) is 0 Å². The van der Waals surface area contributed by atoms with Crippen molar-refractivity contribution in [1.82, 2.24) is 0 Å². The highest BCUT2D eigenvalue weighted by molar-refractivity contribution is 7.99. The molecule has 0 amide bonds. The SMILES string of the molecule is C[C@@H]1CCS[C@H](C)O1. The van der Waals surface area contributed by atoms with E-state index in [1.807, 2.05) is 11.8 Å². The summed E-state index contributed by atoms with van der Waals surface area (Å²) in [6.45, 7) is 4.25. The predicted molar refractivity (Wildman–Crippen MR) is 37.1 cm³/mol. The summed E-state index contributed by atoms with van der Waals surface area (Å²) in [4.78, 5) is 0. The summed E-state index contributed by atoms with van der Waals surface area (Å²) in [5, 5.41) is 0. The van der Waals surface area contributed by atoms with Crippen LogP contribution >= 0.6 is 11.8 Å². The van der Waals surface area contributed by atoms with Crippen LogP contribution in [0, 0.1) is 0 Å². The van der Waals surface area contributed by atoms with Crippen molar-refractivity contribution in [3.63, 3.8) is 0 Å². The van der Waals surface area contributed by atoms with Crippen molar-refractivity contribution in [1.29, 1.82) is 0 Å². The molecule has 1 rings (SSSR count). The molecule has 0 saturated carbocycles. The van der Waals surface area contributed by atoms with Crippen LogP contribution < -0.4 is 0 Å². The van der Waals surface area contributed by atoms with Gasteiger partial charge in [-0.05, 0) is 26.0 Å². The largest absolute Gasteiger partial charge is 0.365 e. The van der Waals surface area contributed by atoms with Gasteiger partial charge in [0.25, 0.3) is 0 Å². The molecule has 1 fully saturated rings. The van der Waals surface area contributed by atoms with Crippen LogP contribution in [-0.4, -0.2) is 17.3 Å². The number of hydrogen-bond donors (Lipinski definition) is 0. The zero-order chi connectivity index (χ0) is 5.98. The Morgan fingerprint density at radius 1 is 1.50 bits per heavy atom. The topological polar surface area (TPSA) is 9.23 Å². The second-order valence-corrected chi connectivity index (χ2v) is 3.58. The minimum absolute atomic E-state index is 0.429.